The van der Waals surface area contributed by atoms with Gasteiger partial charge in [0.2, 0.25) is 5.91 Å². The molecule has 24 heavy (non-hydrogen) atoms. The van der Waals surface area contributed by atoms with Gasteiger partial charge in [-0.25, -0.2) is 8.42 Å². The average molecular weight is 391 g/mol. The van der Waals surface area contributed by atoms with E-state index in [4.69, 9.17) is 11.6 Å². The summed E-state index contributed by atoms with van der Waals surface area (Å²) in [6, 6.07) is 2.53. The lowest BCUT2D eigenvalue weighted by molar-refractivity contribution is -0.137. The van der Waals surface area contributed by atoms with Crippen molar-refractivity contribution in [2.45, 2.75) is 43.4 Å². The summed E-state index contributed by atoms with van der Waals surface area (Å²) < 4.78 is 27.8. The molecular formula is C16H23ClN2O3S2. The van der Waals surface area contributed by atoms with E-state index in [2.05, 4.69) is 13.8 Å². The van der Waals surface area contributed by atoms with Crippen LogP contribution in [-0.4, -0.2) is 49.2 Å². The highest BCUT2D eigenvalue weighted by atomic mass is 35.5. The Morgan fingerprint density at radius 1 is 1.25 bits per heavy atom. The van der Waals surface area contributed by atoms with Crippen LogP contribution in [0.4, 0.5) is 0 Å². The number of carbonyl (C=O) groups is 1. The number of hydrogen-bond acceptors (Lipinski definition) is 4. The van der Waals surface area contributed by atoms with Crippen LogP contribution >= 0.6 is 22.9 Å². The highest BCUT2D eigenvalue weighted by Crippen LogP contribution is 2.33. The van der Waals surface area contributed by atoms with Crippen LogP contribution in [0.1, 0.15) is 33.1 Å². The first-order chi connectivity index (χ1) is 11.3. The molecule has 3 rings (SSSR count). The zero-order valence-corrected chi connectivity index (χ0v) is 16.3. The van der Waals surface area contributed by atoms with Gasteiger partial charge < -0.3 is 4.90 Å². The fraction of sp³-hybridized carbons (Fsp3) is 0.688. The normalized spacial score (nSPS) is 29.1. The predicted molar refractivity (Wildman–Crippen MR) is 95.8 cm³/mol. The molecule has 1 amide bonds. The molecule has 2 saturated heterocycles. The second kappa shape index (κ2) is 6.94. The maximum atomic E-state index is 13.0. The molecule has 3 unspecified atom stereocenters. The minimum absolute atomic E-state index is 0.0443. The van der Waals surface area contributed by atoms with E-state index in [-0.39, 0.29) is 10.1 Å². The van der Waals surface area contributed by atoms with Gasteiger partial charge >= 0.3 is 0 Å². The molecule has 0 spiro atoms. The minimum Gasteiger partial charge on any atom is -0.341 e. The lowest BCUT2D eigenvalue weighted by atomic mass is 9.91. The van der Waals surface area contributed by atoms with Crippen molar-refractivity contribution in [1.29, 1.82) is 0 Å². The van der Waals surface area contributed by atoms with Crippen molar-refractivity contribution in [1.82, 2.24) is 9.21 Å². The van der Waals surface area contributed by atoms with Crippen LogP contribution in [0, 0.1) is 11.8 Å². The summed E-state index contributed by atoms with van der Waals surface area (Å²) in [4.78, 5) is 14.8. The van der Waals surface area contributed by atoms with Crippen LogP contribution in [0.15, 0.2) is 16.3 Å². The van der Waals surface area contributed by atoms with Gasteiger partial charge in [-0.3, -0.25) is 4.79 Å². The molecule has 2 aliphatic rings. The first kappa shape index (κ1) is 18.2. The van der Waals surface area contributed by atoms with Gasteiger partial charge in [0.05, 0.1) is 4.34 Å². The SMILES string of the molecule is CC1CC(C)CN(C(=O)C2CCCN2S(=O)(=O)c2ccc(Cl)s2)C1. The van der Waals surface area contributed by atoms with Crippen molar-refractivity contribution < 1.29 is 13.2 Å². The van der Waals surface area contributed by atoms with Gasteiger partial charge in [0, 0.05) is 19.6 Å². The zero-order chi connectivity index (χ0) is 17.5. The van der Waals surface area contributed by atoms with Crippen LogP contribution in [-0.2, 0) is 14.8 Å². The van der Waals surface area contributed by atoms with Crippen molar-refractivity contribution in [3.63, 3.8) is 0 Å². The summed E-state index contributed by atoms with van der Waals surface area (Å²) in [7, 11) is -3.66. The molecule has 1 aromatic rings. The number of rotatable bonds is 3. The number of carbonyl (C=O) groups excluding carboxylic acids is 1. The van der Waals surface area contributed by atoms with Crippen molar-refractivity contribution in [3.8, 4) is 0 Å². The van der Waals surface area contributed by atoms with Gasteiger partial charge in [-0.1, -0.05) is 25.4 Å². The molecule has 8 heteroatoms. The Hall–Kier alpha value is -0.630. The van der Waals surface area contributed by atoms with Crippen molar-refractivity contribution in [3.05, 3.63) is 16.5 Å². The molecule has 0 saturated carbocycles. The topological polar surface area (TPSA) is 57.7 Å². The number of nitrogens with zero attached hydrogens (tertiary/aromatic N) is 2. The second-order valence-corrected chi connectivity index (χ2v) is 10.9. The van der Waals surface area contributed by atoms with Gasteiger partial charge in [-0.2, -0.15) is 4.31 Å². The molecule has 2 aliphatic heterocycles. The van der Waals surface area contributed by atoms with E-state index in [0.717, 1.165) is 30.8 Å². The van der Waals surface area contributed by atoms with Crippen molar-refractivity contribution >= 4 is 38.9 Å². The number of hydrogen-bond donors (Lipinski definition) is 0. The highest BCUT2D eigenvalue weighted by molar-refractivity contribution is 7.91. The first-order valence-electron chi connectivity index (χ1n) is 8.35. The van der Waals surface area contributed by atoms with Crippen LogP contribution in [0.5, 0.6) is 0 Å². The Morgan fingerprint density at radius 3 is 2.50 bits per heavy atom. The number of halogens is 1. The van der Waals surface area contributed by atoms with E-state index < -0.39 is 16.1 Å². The quantitative estimate of drug-likeness (QED) is 0.796. The van der Waals surface area contributed by atoms with Gasteiger partial charge in [0.25, 0.3) is 10.0 Å². The molecule has 134 valence electrons. The number of likely N-dealkylation sites (tertiary alicyclic amines) is 1. The Morgan fingerprint density at radius 2 is 1.92 bits per heavy atom. The number of thiophene rings is 1. The van der Waals surface area contributed by atoms with Gasteiger partial charge in [0.1, 0.15) is 10.3 Å². The lowest BCUT2D eigenvalue weighted by Crippen LogP contribution is -2.51. The van der Waals surface area contributed by atoms with Crippen LogP contribution < -0.4 is 0 Å². The molecule has 5 nitrogen and oxygen atoms in total. The first-order valence-corrected chi connectivity index (χ1v) is 11.0. The summed E-state index contributed by atoms with van der Waals surface area (Å²) in [5, 5.41) is 0. The summed E-state index contributed by atoms with van der Waals surface area (Å²) in [5.41, 5.74) is 0. The predicted octanol–water partition coefficient (Wildman–Crippen LogP) is 3.06. The molecule has 0 aliphatic carbocycles. The van der Waals surface area contributed by atoms with E-state index in [0.29, 0.717) is 35.6 Å². The van der Waals surface area contributed by atoms with Crippen LogP contribution in [0.2, 0.25) is 4.34 Å². The summed E-state index contributed by atoms with van der Waals surface area (Å²) in [6.45, 7) is 6.13. The molecule has 0 bridgehead atoms. The molecule has 0 N–H and O–H groups in total. The molecule has 2 fully saturated rings. The zero-order valence-electron chi connectivity index (χ0n) is 13.9. The summed E-state index contributed by atoms with van der Waals surface area (Å²) in [6.07, 6.45) is 2.42. The number of piperidine rings is 1. The maximum absolute atomic E-state index is 13.0. The lowest BCUT2D eigenvalue weighted by Gasteiger charge is -2.37. The average Bonchev–Trinajstić information content (AvgIpc) is 3.14. The third-order valence-electron chi connectivity index (χ3n) is 4.78. The van der Waals surface area contributed by atoms with Gasteiger partial charge in [0.15, 0.2) is 0 Å². The van der Waals surface area contributed by atoms with Crippen molar-refractivity contribution in [2.75, 3.05) is 19.6 Å². The fourth-order valence-corrected chi connectivity index (χ4v) is 7.14. The molecule has 1 aromatic heterocycles. The molecular weight excluding hydrogens is 368 g/mol. The Labute approximate surface area is 152 Å². The van der Waals surface area contributed by atoms with E-state index in [1.807, 2.05) is 4.90 Å². The summed E-state index contributed by atoms with van der Waals surface area (Å²) in [5.74, 6) is 0.873. The fourth-order valence-electron chi connectivity index (χ4n) is 3.88. The second-order valence-electron chi connectivity index (χ2n) is 7.02. The van der Waals surface area contributed by atoms with Gasteiger partial charge in [-0.15, -0.1) is 11.3 Å². The van der Waals surface area contributed by atoms with Crippen molar-refractivity contribution in [2.24, 2.45) is 11.8 Å². The Bertz CT molecular complexity index is 709. The third kappa shape index (κ3) is 3.49. The molecule has 3 heterocycles. The van der Waals surface area contributed by atoms with E-state index >= 15 is 0 Å². The molecule has 0 aromatic carbocycles. The summed E-state index contributed by atoms with van der Waals surface area (Å²) >= 11 is 6.93. The monoisotopic (exact) mass is 390 g/mol. The van der Waals surface area contributed by atoms with Crippen LogP contribution in [0.3, 0.4) is 0 Å². The molecule has 3 atom stereocenters. The molecule has 0 radical (unpaired) electrons. The largest absolute Gasteiger partial charge is 0.341 e. The highest BCUT2D eigenvalue weighted by Gasteiger charge is 2.42. The Balaban J connectivity index is 1.81. The third-order valence-corrected chi connectivity index (χ3v) is 8.39. The Kier molecular flexibility index (Phi) is 5.25. The number of amides is 1. The standard InChI is InChI=1S/C16H23ClN2O3S2/c1-11-8-12(2)10-18(9-11)16(20)13-4-3-7-19(13)24(21,22)15-6-5-14(17)23-15/h5-6,11-13H,3-4,7-10H2,1-2H3. The minimum atomic E-state index is -3.66. The van der Waals surface area contributed by atoms with Gasteiger partial charge in [-0.05, 0) is 43.2 Å². The van der Waals surface area contributed by atoms with E-state index in [1.54, 1.807) is 6.07 Å². The number of sulfonamides is 1. The van der Waals surface area contributed by atoms with E-state index in [1.165, 1.54) is 10.4 Å². The smallest absolute Gasteiger partial charge is 0.253 e. The maximum Gasteiger partial charge on any atom is 0.253 e. The van der Waals surface area contributed by atoms with Crippen LogP contribution in [0.25, 0.3) is 0 Å². The van der Waals surface area contributed by atoms with E-state index in [9.17, 15) is 13.2 Å².